The Balaban J connectivity index is 3.16. The lowest BCUT2D eigenvalue weighted by Gasteiger charge is -2.08. The van der Waals surface area contributed by atoms with Gasteiger partial charge in [-0.05, 0) is 18.7 Å². The van der Waals surface area contributed by atoms with Gasteiger partial charge in [-0.2, -0.15) is 0 Å². The Morgan fingerprint density at radius 1 is 0.909 bits per heavy atom. The lowest BCUT2D eigenvalue weighted by atomic mass is 10.4. The van der Waals surface area contributed by atoms with E-state index in [1.165, 1.54) is 0 Å². The molecular weight excluding hydrogens is 282 g/mol. The third-order valence-electron chi connectivity index (χ3n) is 2.60. The van der Waals surface area contributed by atoms with Gasteiger partial charge in [0.2, 0.25) is 0 Å². The zero-order valence-corrected chi connectivity index (χ0v) is 13.9. The van der Waals surface area contributed by atoms with Crippen molar-refractivity contribution in [3.63, 3.8) is 0 Å². The van der Waals surface area contributed by atoms with Gasteiger partial charge in [0.15, 0.2) is 0 Å². The van der Waals surface area contributed by atoms with E-state index in [-0.39, 0.29) is 0 Å². The van der Waals surface area contributed by atoms with E-state index in [4.69, 9.17) is 18.9 Å². The first-order valence-corrected chi connectivity index (χ1v) is 7.87. The third-order valence-corrected chi connectivity index (χ3v) is 2.60. The monoisotopic (exact) mass is 313 g/mol. The van der Waals surface area contributed by atoms with Crippen LogP contribution in [-0.4, -0.2) is 59.3 Å². The highest BCUT2D eigenvalue weighted by molar-refractivity contribution is 5.14. The minimum atomic E-state index is 0.589. The number of hydrogen-bond acceptors (Lipinski definition) is 5. The Kier molecular flexibility index (Phi) is 17.0. The van der Waals surface area contributed by atoms with E-state index in [0.29, 0.717) is 39.6 Å². The summed E-state index contributed by atoms with van der Waals surface area (Å²) >= 11 is 0. The highest BCUT2D eigenvalue weighted by Gasteiger charge is 1.94. The summed E-state index contributed by atoms with van der Waals surface area (Å²) in [5, 5.41) is 3.19. The Bertz CT molecular complexity index is 292. The van der Waals surface area contributed by atoms with Crippen LogP contribution in [0.5, 0.6) is 0 Å². The van der Waals surface area contributed by atoms with Crippen molar-refractivity contribution in [2.45, 2.75) is 13.3 Å². The van der Waals surface area contributed by atoms with Gasteiger partial charge in [-0.3, -0.25) is 0 Å². The standard InChI is InChI=1S/C17H31NO4/c1-4-8-17(5-2)22-11-7-10-19-13-15-21-16-14-20-12-9-18-6-3/h4-5,8,18H,1-2,6-7,9-16H2,3H3/b17-8+. The van der Waals surface area contributed by atoms with Gasteiger partial charge in [0, 0.05) is 19.6 Å². The molecular formula is C17H31NO4. The maximum atomic E-state index is 5.47. The van der Waals surface area contributed by atoms with Gasteiger partial charge in [-0.25, -0.2) is 0 Å². The van der Waals surface area contributed by atoms with E-state index in [2.05, 4.69) is 25.4 Å². The van der Waals surface area contributed by atoms with Crippen molar-refractivity contribution in [1.82, 2.24) is 5.32 Å². The van der Waals surface area contributed by atoms with Crippen LogP contribution in [0.4, 0.5) is 0 Å². The molecule has 0 saturated heterocycles. The summed E-state index contributed by atoms with van der Waals surface area (Å²) in [6.07, 6.45) is 5.95. The van der Waals surface area contributed by atoms with Gasteiger partial charge in [0.1, 0.15) is 5.76 Å². The van der Waals surface area contributed by atoms with Gasteiger partial charge in [-0.15, -0.1) is 0 Å². The van der Waals surface area contributed by atoms with Gasteiger partial charge in [-0.1, -0.05) is 26.2 Å². The first kappa shape index (κ1) is 20.9. The summed E-state index contributed by atoms with van der Waals surface area (Å²) in [6, 6.07) is 0. The first-order chi connectivity index (χ1) is 10.8. The average molecular weight is 313 g/mol. The predicted molar refractivity (Wildman–Crippen MR) is 90.0 cm³/mol. The molecule has 0 unspecified atom stereocenters. The Morgan fingerprint density at radius 2 is 1.55 bits per heavy atom. The van der Waals surface area contributed by atoms with Crippen molar-refractivity contribution in [2.24, 2.45) is 0 Å². The van der Waals surface area contributed by atoms with E-state index in [0.717, 1.165) is 31.9 Å². The molecule has 0 fully saturated rings. The van der Waals surface area contributed by atoms with Crippen LogP contribution in [-0.2, 0) is 18.9 Å². The predicted octanol–water partition coefficient (Wildman–Crippen LogP) is 2.31. The molecule has 0 aliphatic heterocycles. The fourth-order valence-electron chi connectivity index (χ4n) is 1.51. The van der Waals surface area contributed by atoms with Crippen LogP contribution in [0.2, 0.25) is 0 Å². The topological polar surface area (TPSA) is 49.0 Å². The second kappa shape index (κ2) is 17.9. The summed E-state index contributed by atoms with van der Waals surface area (Å²) in [5.41, 5.74) is 0. The van der Waals surface area contributed by atoms with E-state index in [9.17, 15) is 0 Å². The quantitative estimate of drug-likeness (QED) is 0.254. The Hall–Kier alpha value is -1.14. The molecule has 0 atom stereocenters. The maximum absolute atomic E-state index is 5.47. The molecule has 0 aromatic carbocycles. The number of rotatable bonds is 17. The van der Waals surface area contributed by atoms with Crippen LogP contribution >= 0.6 is 0 Å². The molecule has 22 heavy (non-hydrogen) atoms. The number of ether oxygens (including phenoxy) is 4. The molecule has 0 aliphatic rings. The van der Waals surface area contributed by atoms with Crippen LogP contribution < -0.4 is 5.32 Å². The van der Waals surface area contributed by atoms with Gasteiger partial charge >= 0.3 is 0 Å². The van der Waals surface area contributed by atoms with Crippen molar-refractivity contribution >= 4 is 0 Å². The molecule has 5 nitrogen and oxygen atoms in total. The van der Waals surface area contributed by atoms with Crippen LogP contribution in [0.15, 0.2) is 37.1 Å². The summed E-state index contributed by atoms with van der Waals surface area (Å²) in [6.45, 7) is 15.6. The second-order valence-electron chi connectivity index (χ2n) is 4.40. The van der Waals surface area contributed by atoms with Crippen molar-refractivity contribution in [3.8, 4) is 0 Å². The molecule has 0 aromatic heterocycles. The normalized spacial score (nSPS) is 11.4. The van der Waals surface area contributed by atoms with Crippen molar-refractivity contribution in [1.29, 1.82) is 0 Å². The van der Waals surface area contributed by atoms with Crippen molar-refractivity contribution in [2.75, 3.05) is 59.3 Å². The van der Waals surface area contributed by atoms with Crippen LogP contribution in [0, 0.1) is 0 Å². The lowest BCUT2D eigenvalue weighted by Crippen LogP contribution is -2.20. The largest absolute Gasteiger partial charge is 0.494 e. The van der Waals surface area contributed by atoms with Crippen LogP contribution in [0.25, 0.3) is 0 Å². The van der Waals surface area contributed by atoms with E-state index in [1.807, 2.05) is 0 Å². The Labute approximate surface area is 135 Å². The molecule has 1 N–H and O–H groups in total. The molecule has 0 rings (SSSR count). The van der Waals surface area contributed by atoms with Crippen LogP contribution in [0.3, 0.4) is 0 Å². The summed E-state index contributed by atoms with van der Waals surface area (Å²) in [7, 11) is 0. The van der Waals surface area contributed by atoms with E-state index < -0.39 is 0 Å². The van der Waals surface area contributed by atoms with Crippen LogP contribution in [0.1, 0.15) is 13.3 Å². The van der Waals surface area contributed by atoms with Crippen molar-refractivity contribution in [3.05, 3.63) is 37.1 Å². The molecule has 0 aromatic rings. The zero-order chi connectivity index (χ0) is 16.3. The third kappa shape index (κ3) is 15.3. The highest BCUT2D eigenvalue weighted by Crippen LogP contribution is 1.99. The molecule has 0 spiro atoms. The molecule has 0 radical (unpaired) electrons. The van der Waals surface area contributed by atoms with Gasteiger partial charge < -0.3 is 24.3 Å². The van der Waals surface area contributed by atoms with E-state index >= 15 is 0 Å². The molecule has 0 amide bonds. The second-order valence-corrected chi connectivity index (χ2v) is 4.40. The minimum absolute atomic E-state index is 0.589. The molecule has 0 heterocycles. The van der Waals surface area contributed by atoms with E-state index in [1.54, 1.807) is 18.2 Å². The molecule has 0 bridgehead atoms. The maximum Gasteiger partial charge on any atom is 0.118 e. The number of nitrogens with one attached hydrogen (secondary N) is 1. The smallest absolute Gasteiger partial charge is 0.118 e. The zero-order valence-electron chi connectivity index (χ0n) is 13.9. The highest BCUT2D eigenvalue weighted by atomic mass is 16.5. The Morgan fingerprint density at radius 3 is 2.14 bits per heavy atom. The minimum Gasteiger partial charge on any atom is -0.494 e. The number of hydrogen-bond donors (Lipinski definition) is 1. The molecule has 0 aliphatic carbocycles. The molecule has 128 valence electrons. The van der Waals surface area contributed by atoms with Gasteiger partial charge in [0.25, 0.3) is 0 Å². The lowest BCUT2D eigenvalue weighted by molar-refractivity contribution is 0.0124. The first-order valence-electron chi connectivity index (χ1n) is 7.87. The SMILES string of the molecule is C=C/C=C(\C=C)OCCCOCCOCCOCCNCC. The summed E-state index contributed by atoms with van der Waals surface area (Å²) in [4.78, 5) is 0. The fraction of sp³-hybridized carbons (Fsp3) is 0.647. The van der Waals surface area contributed by atoms with Gasteiger partial charge in [0.05, 0.1) is 39.6 Å². The molecule has 0 saturated carbocycles. The molecule has 5 heteroatoms. The summed E-state index contributed by atoms with van der Waals surface area (Å²) in [5.74, 6) is 0.729. The van der Waals surface area contributed by atoms with Crippen molar-refractivity contribution < 1.29 is 18.9 Å². The number of allylic oxidation sites excluding steroid dienone is 3. The summed E-state index contributed by atoms with van der Waals surface area (Å²) < 4.78 is 21.7. The average Bonchev–Trinajstić information content (AvgIpc) is 2.54. The number of likely N-dealkylation sites (N-methyl/N-ethyl adjacent to an activating group) is 1. The fourth-order valence-corrected chi connectivity index (χ4v) is 1.51.